The summed E-state index contributed by atoms with van der Waals surface area (Å²) in [7, 11) is 0. The number of rotatable bonds is 1. The van der Waals surface area contributed by atoms with Crippen LogP contribution in [0.1, 0.15) is 22.6 Å². The van der Waals surface area contributed by atoms with Crippen molar-refractivity contribution in [3.8, 4) is 0 Å². The molecule has 68 valence electrons. The summed E-state index contributed by atoms with van der Waals surface area (Å²) in [5.74, 6) is -1.01. The van der Waals surface area contributed by atoms with Crippen molar-refractivity contribution in [2.75, 3.05) is 11.9 Å². The molecule has 0 atom stereocenters. The second-order valence-corrected chi connectivity index (χ2v) is 2.88. The van der Waals surface area contributed by atoms with Crippen molar-refractivity contribution in [1.29, 1.82) is 0 Å². The highest BCUT2D eigenvalue weighted by Gasteiger charge is 2.18. The standard InChI is InChI=1S/C8H9N3O2/c12-8(13)7-6-5(10-4-11-7)2-1-3-9-6/h4,9H,1-3H2,(H,12,13). The van der Waals surface area contributed by atoms with E-state index in [1.54, 1.807) is 0 Å². The molecule has 2 heterocycles. The van der Waals surface area contributed by atoms with Gasteiger partial charge in [0.15, 0.2) is 5.69 Å². The van der Waals surface area contributed by atoms with E-state index in [2.05, 4.69) is 15.3 Å². The Morgan fingerprint density at radius 1 is 1.54 bits per heavy atom. The highest BCUT2D eigenvalue weighted by atomic mass is 16.4. The molecule has 5 heteroatoms. The lowest BCUT2D eigenvalue weighted by Crippen LogP contribution is -2.18. The second kappa shape index (κ2) is 3.01. The minimum atomic E-state index is -1.01. The normalized spacial score (nSPS) is 14.5. The first-order valence-corrected chi connectivity index (χ1v) is 4.10. The molecule has 0 unspecified atom stereocenters. The number of hydrogen-bond acceptors (Lipinski definition) is 4. The molecule has 5 nitrogen and oxygen atoms in total. The molecule has 0 aromatic carbocycles. The van der Waals surface area contributed by atoms with Crippen LogP contribution in [0, 0.1) is 0 Å². The van der Waals surface area contributed by atoms with Gasteiger partial charge in [-0.1, -0.05) is 0 Å². The molecule has 0 fully saturated rings. The Kier molecular flexibility index (Phi) is 1.84. The van der Waals surface area contributed by atoms with Crippen LogP contribution in [0.5, 0.6) is 0 Å². The third kappa shape index (κ3) is 1.32. The molecule has 0 bridgehead atoms. The Morgan fingerprint density at radius 2 is 2.38 bits per heavy atom. The lowest BCUT2D eigenvalue weighted by atomic mass is 10.1. The van der Waals surface area contributed by atoms with Crippen molar-refractivity contribution in [3.05, 3.63) is 17.7 Å². The summed E-state index contributed by atoms with van der Waals surface area (Å²) in [6, 6.07) is 0. The van der Waals surface area contributed by atoms with Gasteiger partial charge >= 0.3 is 5.97 Å². The van der Waals surface area contributed by atoms with E-state index < -0.39 is 5.97 Å². The Balaban J connectivity index is 2.52. The molecule has 1 aliphatic heterocycles. The SMILES string of the molecule is O=C(O)c1ncnc2c1NCCC2. The molecule has 0 radical (unpaired) electrons. The summed E-state index contributed by atoms with van der Waals surface area (Å²) in [6.07, 6.45) is 3.11. The average molecular weight is 179 g/mol. The van der Waals surface area contributed by atoms with E-state index >= 15 is 0 Å². The zero-order chi connectivity index (χ0) is 9.26. The van der Waals surface area contributed by atoms with Crippen molar-refractivity contribution in [2.45, 2.75) is 12.8 Å². The van der Waals surface area contributed by atoms with Crippen LogP contribution in [0.15, 0.2) is 6.33 Å². The van der Waals surface area contributed by atoms with Crippen LogP contribution < -0.4 is 5.32 Å². The van der Waals surface area contributed by atoms with Crippen LogP contribution in [0.25, 0.3) is 0 Å². The Labute approximate surface area is 74.8 Å². The summed E-state index contributed by atoms with van der Waals surface area (Å²) >= 11 is 0. The Bertz CT molecular complexity index is 351. The first kappa shape index (κ1) is 7.97. The zero-order valence-electron chi connectivity index (χ0n) is 6.95. The number of anilines is 1. The molecule has 0 amide bonds. The van der Waals surface area contributed by atoms with E-state index in [-0.39, 0.29) is 5.69 Å². The molecule has 1 aromatic heterocycles. The predicted octanol–water partition coefficient (Wildman–Crippen LogP) is 0.533. The smallest absolute Gasteiger partial charge is 0.356 e. The average Bonchev–Trinajstić information content (AvgIpc) is 2.17. The van der Waals surface area contributed by atoms with Crippen LogP contribution in [0.2, 0.25) is 0 Å². The monoisotopic (exact) mass is 179 g/mol. The highest BCUT2D eigenvalue weighted by Crippen LogP contribution is 2.21. The van der Waals surface area contributed by atoms with Gasteiger partial charge in [-0.2, -0.15) is 0 Å². The van der Waals surface area contributed by atoms with E-state index in [0.717, 1.165) is 25.1 Å². The number of nitrogens with one attached hydrogen (secondary N) is 1. The van der Waals surface area contributed by atoms with Crippen LogP contribution in [-0.2, 0) is 6.42 Å². The molecule has 0 saturated heterocycles. The largest absolute Gasteiger partial charge is 0.476 e. The fraction of sp³-hybridized carbons (Fsp3) is 0.375. The van der Waals surface area contributed by atoms with Crippen LogP contribution in [0.4, 0.5) is 5.69 Å². The summed E-state index contributed by atoms with van der Waals surface area (Å²) in [5, 5.41) is 11.8. The van der Waals surface area contributed by atoms with Crippen LogP contribution in [-0.4, -0.2) is 27.6 Å². The number of aryl methyl sites for hydroxylation is 1. The fourth-order valence-electron chi connectivity index (χ4n) is 1.43. The van der Waals surface area contributed by atoms with Crippen molar-refractivity contribution in [3.63, 3.8) is 0 Å². The Morgan fingerprint density at radius 3 is 3.15 bits per heavy atom. The fourth-order valence-corrected chi connectivity index (χ4v) is 1.43. The van der Waals surface area contributed by atoms with Crippen LogP contribution >= 0.6 is 0 Å². The van der Waals surface area contributed by atoms with Gasteiger partial charge in [-0.05, 0) is 12.8 Å². The van der Waals surface area contributed by atoms with E-state index in [1.807, 2.05) is 0 Å². The molecule has 0 spiro atoms. The number of hydrogen-bond donors (Lipinski definition) is 2. The molecule has 0 saturated carbocycles. The van der Waals surface area contributed by atoms with Gasteiger partial charge < -0.3 is 10.4 Å². The quantitative estimate of drug-likeness (QED) is 0.657. The lowest BCUT2D eigenvalue weighted by Gasteiger charge is -2.17. The van der Waals surface area contributed by atoms with E-state index in [0.29, 0.717) is 5.69 Å². The van der Waals surface area contributed by atoms with E-state index in [4.69, 9.17) is 5.11 Å². The molecular weight excluding hydrogens is 170 g/mol. The zero-order valence-corrected chi connectivity index (χ0v) is 6.95. The number of nitrogens with zero attached hydrogens (tertiary/aromatic N) is 2. The minimum absolute atomic E-state index is 0.0738. The molecule has 1 aromatic rings. The highest BCUT2D eigenvalue weighted by molar-refractivity contribution is 5.92. The lowest BCUT2D eigenvalue weighted by molar-refractivity contribution is 0.0691. The number of fused-ring (bicyclic) bond motifs is 1. The van der Waals surface area contributed by atoms with Gasteiger partial charge in [-0.3, -0.25) is 0 Å². The Hall–Kier alpha value is -1.65. The van der Waals surface area contributed by atoms with Crippen molar-refractivity contribution >= 4 is 11.7 Å². The third-order valence-electron chi connectivity index (χ3n) is 2.02. The predicted molar refractivity (Wildman–Crippen MR) is 45.8 cm³/mol. The molecule has 13 heavy (non-hydrogen) atoms. The van der Waals surface area contributed by atoms with Gasteiger partial charge in [-0.25, -0.2) is 14.8 Å². The van der Waals surface area contributed by atoms with Crippen molar-refractivity contribution in [1.82, 2.24) is 9.97 Å². The summed E-state index contributed by atoms with van der Waals surface area (Å²) < 4.78 is 0. The summed E-state index contributed by atoms with van der Waals surface area (Å²) in [4.78, 5) is 18.5. The van der Waals surface area contributed by atoms with Crippen molar-refractivity contribution in [2.24, 2.45) is 0 Å². The summed E-state index contributed by atoms with van der Waals surface area (Å²) in [6.45, 7) is 0.792. The van der Waals surface area contributed by atoms with Gasteiger partial charge in [0.1, 0.15) is 6.33 Å². The van der Waals surface area contributed by atoms with Gasteiger partial charge in [0.2, 0.25) is 0 Å². The van der Waals surface area contributed by atoms with Gasteiger partial charge in [0, 0.05) is 6.54 Å². The molecular formula is C8H9N3O2. The molecule has 2 rings (SSSR count). The third-order valence-corrected chi connectivity index (χ3v) is 2.02. The van der Waals surface area contributed by atoms with Gasteiger partial charge in [-0.15, -0.1) is 0 Å². The maximum Gasteiger partial charge on any atom is 0.356 e. The number of carbonyl (C=O) groups is 1. The maximum absolute atomic E-state index is 10.7. The number of carboxylic acids is 1. The minimum Gasteiger partial charge on any atom is -0.476 e. The molecule has 2 N–H and O–H groups in total. The topological polar surface area (TPSA) is 75.1 Å². The summed E-state index contributed by atoms with van der Waals surface area (Å²) in [5.41, 5.74) is 1.46. The number of aromatic carboxylic acids is 1. The molecule has 0 aliphatic carbocycles. The maximum atomic E-state index is 10.7. The first-order valence-electron chi connectivity index (χ1n) is 4.10. The number of carboxylic acid groups (broad SMARTS) is 1. The van der Waals surface area contributed by atoms with Gasteiger partial charge in [0.25, 0.3) is 0 Å². The number of aromatic nitrogens is 2. The molecule has 1 aliphatic rings. The first-order chi connectivity index (χ1) is 6.29. The second-order valence-electron chi connectivity index (χ2n) is 2.88. The van der Waals surface area contributed by atoms with E-state index in [9.17, 15) is 4.79 Å². The van der Waals surface area contributed by atoms with Gasteiger partial charge in [0.05, 0.1) is 11.4 Å². The van der Waals surface area contributed by atoms with E-state index in [1.165, 1.54) is 6.33 Å². The van der Waals surface area contributed by atoms with Crippen molar-refractivity contribution < 1.29 is 9.90 Å². The van der Waals surface area contributed by atoms with Crippen LogP contribution in [0.3, 0.4) is 0 Å².